The van der Waals surface area contributed by atoms with Crippen molar-refractivity contribution in [2.75, 3.05) is 11.1 Å². The third-order valence-corrected chi connectivity index (χ3v) is 4.33. The molecule has 2 N–H and O–H groups in total. The van der Waals surface area contributed by atoms with Crippen molar-refractivity contribution in [1.29, 1.82) is 0 Å². The summed E-state index contributed by atoms with van der Waals surface area (Å²) in [5, 5.41) is 10.7. The maximum absolute atomic E-state index is 12.1. The van der Waals surface area contributed by atoms with Crippen LogP contribution in [0, 0.1) is 0 Å². The molecule has 0 aliphatic heterocycles. The zero-order valence-electron chi connectivity index (χ0n) is 12.1. The summed E-state index contributed by atoms with van der Waals surface area (Å²) >= 11 is 1.37. The first-order valence-corrected chi connectivity index (χ1v) is 8.09. The number of rotatable bonds is 4. The highest BCUT2D eigenvalue weighted by atomic mass is 32.2. The Kier molecular flexibility index (Phi) is 3.47. The average molecular weight is 323 g/mol. The molecule has 0 radical (unpaired) electrons. The number of benzene rings is 2. The summed E-state index contributed by atoms with van der Waals surface area (Å²) in [6, 6.07) is 17.2. The predicted molar refractivity (Wildman–Crippen MR) is 90.6 cm³/mol. The summed E-state index contributed by atoms with van der Waals surface area (Å²) in [5.74, 6) is 0.889. The van der Waals surface area contributed by atoms with Crippen LogP contribution < -0.4 is 5.32 Å². The number of thioether (sulfide) groups is 1. The molecule has 0 spiro atoms. The van der Waals surface area contributed by atoms with Crippen molar-refractivity contribution in [3.8, 4) is 0 Å². The smallest absolute Gasteiger partial charge is 0.234 e. The molecule has 4 rings (SSSR count). The largest absolute Gasteiger partial charge is 0.325 e. The summed E-state index contributed by atoms with van der Waals surface area (Å²) in [6.45, 7) is 0. The van der Waals surface area contributed by atoms with Gasteiger partial charge in [0.05, 0.1) is 16.8 Å². The number of anilines is 1. The number of imidazole rings is 1. The van der Waals surface area contributed by atoms with Gasteiger partial charge in [-0.05, 0) is 24.3 Å². The lowest BCUT2D eigenvalue weighted by atomic mass is 10.3. The molecule has 7 heteroatoms. The first kappa shape index (κ1) is 13.8. The number of nitrogens with one attached hydrogen (secondary N) is 2. The monoisotopic (exact) mass is 323 g/mol. The van der Waals surface area contributed by atoms with E-state index in [1.807, 2.05) is 59.0 Å². The van der Waals surface area contributed by atoms with Gasteiger partial charge in [0.25, 0.3) is 0 Å². The van der Waals surface area contributed by atoms with Gasteiger partial charge in [0.1, 0.15) is 0 Å². The third-order valence-electron chi connectivity index (χ3n) is 3.39. The highest BCUT2D eigenvalue weighted by molar-refractivity contribution is 7.99. The molecule has 2 aromatic carbocycles. The first-order valence-electron chi connectivity index (χ1n) is 7.10. The van der Waals surface area contributed by atoms with Crippen molar-refractivity contribution in [2.45, 2.75) is 5.16 Å². The van der Waals surface area contributed by atoms with Crippen molar-refractivity contribution < 1.29 is 4.79 Å². The number of fused-ring (bicyclic) bond motifs is 3. The van der Waals surface area contributed by atoms with Crippen LogP contribution in [0.5, 0.6) is 0 Å². The lowest BCUT2D eigenvalue weighted by molar-refractivity contribution is -0.113. The zero-order chi connectivity index (χ0) is 15.6. The Bertz CT molecular complexity index is 976. The minimum atomic E-state index is -0.0678. The molecule has 2 heterocycles. The fourth-order valence-electron chi connectivity index (χ4n) is 2.39. The number of nitrogens with zero attached hydrogens (tertiary/aromatic N) is 3. The molecule has 0 aliphatic carbocycles. The number of aromatic nitrogens is 4. The van der Waals surface area contributed by atoms with Gasteiger partial charge in [-0.25, -0.2) is 10.1 Å². The Balaban J connectivity index is 1.53. The highest BCUT2D eigenvalue weighted by Crippen LogP contribution is 2.22. The molecule has 2 aromatic heterocycles. The van der Waals surface area contributed by atoms with Gasteiger partial charge in [-0.2, -0.15) is 0 Å². The third kappa shape index (κ3) is 2.66. The lowest BCUT2D eigenvalue weighted by Gasteiger charge is -2.03. The molecule has 0 bridgehead atoms. The second kappa shape index (κ2) is 5.77. The van der Waals surface area contributed by atoms with E-state index in [1.54, 1.807) is 0 Å². The SMILES string of the molecule is O=C(CSc1n[nH]c2nc3ccccc3n12)Nc1ccccc1. The molecule has 0 saturated carbocycles. The summed E-state index contributed by atoms with van der Waals surface area (Å²) < 4.78 is 1.93. The van der Waals surface area contributed by atoms with Crippen molar-refractivity contribution in [1.82, 2.24) is 19.6 Å². The van der Waals surface area contributed by atoms with E-state index >= 15 is 0 Å². The van der Waals surface area contributed by atoms with Crippen molar-refractivity contribution in [3.05, 3.63) is 54.6 Å². The number of amides is 1. The molecular formula is C16H13N5OS. The number of hydrogen-bond donors (Lipinski definition) is 2. The van der Waals surface area contributed by atoms with Crippen molar-refractivity contribution >= 4 is 40.2 Å². The van der Waals surface area contributed by atoms with Gasteiger partial charge in [-0.3, -0.25) is 9.20 Å². The number of carbonyl (C=O) groups excluding carboxylic acids is 1. The quantitative estimate of drug-likeness (QED) is 0.566. The molecule has 1 amide bonds. The average Bonchev–Trinajstić information content (AvgIpc) is 3.13. The van der Waals surface area contributed by atoms with Gasteiger partial charge in [0.15, 0.2) is 5.16 Å². The van der Waals surface area contributed by atoms with Crippen LogP contribution in [0.15, 0.2) is 59.8 Å². The summed E-state index contributed by atoms with van der Waals surface area (Å²) in [4.78, 5) is 16.5. The second-order valence-electron chi connectivity index (χ2n) is 4.97. The Morgan fingerprint density at radius 2 is 1.91 bits per heavy atom. The summed E-state index contributed by atoms with van der Waals surface area (Å²) in [7, 11) is 0. The molecule has 114 valence electrons. The minimum absolute atomic E-state index is 0.0678. The number of hydrogen-bond acceptors (Lipinski definition) is 4. The fraction of sp³-hybridized carbons (Fsp3) is 0.0625. The van der Waals surface area contributed by atoms with E-state index in [-0.39, 0.29) is 11.7 Å². The second-order valence-corrected chi connectivity index (χ2v) is 5.91. The number of para-hydroxylation sites is 3. The standard InChI is InChI=1S/C16H13N5OS/c22-14(17-11-6-2-1-3-7-11)10-23-16-20-19-15-18-12-8-4-5-9-13(12)21(15)16/h1-9H,10H2,(H,17,22)(H,18,19). The Hall–Kier alpha value is -2.80. The van der Waals surface area contributed by atoms with Crippen LogP contribution in [0.2, 0.25) is 0 Å². The molecular weight excluding hydrogens is 310 g/mol. The highest BCUT2D eigenvalue weighted by Gasteiger charge is 2.13. The van der Waals surface area contributed by atoms with Gasteiger partial charge in [0.2, 0.25) is 11.7 Å². The number of H-pyrrole nitrogens is 1. The van der Waals surface area contributed by atoms with E-state index in [0.29, 0.717) is 5.78 Å². The minimum Gasteiger partial charge on any atom is -0.325 e. The molecule has 4 aromatic rings. The Morgan fingerprint density at radius 3 is 2.78 bits per heavy atom. The normalized spacial score (nSPS) is 11.1. The van der Waals surface area contributed by atoms with Gasteiger partial charge in [0, 0.05) is 5.69 Å². The van der Waals surface area contributed by atoms with Crippen LogP contribution in [-0.2, 0) is 4.79 Å². The number of aromatic amines is 1. The van der Waals surface area contributed by atoms with E-state index in [4.69, 9.17) is 0 Å². The van der Waals surface area contributed by atoms with Crippen LogP contribution in [0.1, 0.15) is 0 Å². The fourth-order valence-corrected chi connectivity index (χ4v) is 3.14. The van der Waals surface area contributed by atoms with Gasteiger partial charge in [-0.15, -0.1) is 5.10 Å². The van der Waals surface area contributed by atoms with Gasteiger partial charge >= 0.3 is 0 Å². The van der Waals surface area contributed by atoms with Gasteiger partial charge < -0.3 is 5.32 Å². The van der Waals surface area contributed by atoms with Crippen molar-refractivity contribution in [2.24, 2.45) is 0 Å². The van der Waals surface area contributed by atoms with E-state index in [9.17, 15) is 4.79 Å². The maximum Gasteiger partial charge on any atom is 0.234 e. The van der Waals surface area contributed by atoms with E-state index in [2.05, 4.69) is 20.5 Å². The molecule has 0 fully saturated rings. The van der Waals surface area contributed by atoms with Crippen LogP contribution in [0.25, 0.3) is 16.8 Å². The molecule has 0 unspecified atom stereocenters. The predicted octanol–water partition coefficient (Wildman–Crippen LogP) is 2.94. The van der Waals surface area contributed by atoms with Crippen LogP contribution in [-0.4, -0.2) is 31.2 Å². The van der Waals surface area contributed by atoms with E-state index in [1.165, 1.54) is 11.8 Å². The zero-order valence-corrected chi connectivity index (χ0v) is 12.9. The van der Waals surface area contributed by atoms with Gasteiger partial charge in [-0.1, -0.05) is 42.1 Å². The first-order chi connectivity index (χ1) is 11.3. The molecule has 0 aliphatic rings. The Morgan fingerprint density at radius 1 is 1.13 bits per heavy atom. The van der Waals surface area contributed by atoms with Crippen LogP contribution in [0.3, 0.4) is 0 Å². The number of carbonyl (C=O) groups is 1. The van der Waals surface area contributed by atoms with Crippen LogP contribution >= 0.6 is 11.8 Å². The summed E-state index contributed by atoms with van der Waals surface area (Å²) in [6.07, 6.45) is 0. The molecule has 0 atom stereocenters. The lowest BCUT2D eigenvalue weighted by Crippen LogP contribution is -2.14. The van der Waals surface area contributed by atoms with E-state index in [0.717, 1.165) is 21.9 Å². The summed E-state index contributed by atoms with van der Waals surface area (Å²) in [5.41, 5.74) is 2.66. The molecule has 23 heavy (non-hydrogen) atoms. The Labute approximate surface area is 135 Å². The molecule has 6 nitrogen and oxygen atoms in total. The van der Waals surface area contributed by atoms with Crippen LogP contribution in [0.4, 0.5) is 5.69 Å². The van der Waals surface area contributed by atoms with E-state index < -0.39 is 0 Å². The van der Waals surface area contributed by atoms with Crippen molar-refractivity contribution in [3.63, 3.8) is 0 Å². The molecule has 0 saturated heterocycles. The maximum atomic E-state index is 12.1. The topological polar surface area (TPSA) is 75.1 Å².